The third kappa shape index (κ3) is 4.44. The fourth-order valence-electron chi connectivity index (χ4n) is 1.39. The number of carboxylic acid groups (broad SMARTS) is 1. The summed E-state index contributed by atoms with van der Waals surface area (Å²) in [6, 6.07) is 9.33. The molecule has 82 valence electrons. The van der Waals surface area contributed by atoms with E-state index in [-0.39, 0.29) is 42.4 Å². The molecule has 1 rings (SSSR count). The predicted molar refractivity (Wildman–Crippen MR) is 57.3 cm³/mol. The van der Waals surface area contributed by atoms with Gasteiger partial charge in [0.15, 0.2) is 0 Å². The summed E-state index contributed by atoms with van der Waals surface area (Å²) in [4.78, 5) is 9.56. The maximum absolute atomic E-state index is 10.4. The van der Waals surface area contributed by atoms with Crippen molar-refractivity contribution in [3.8, 4) is 0 Å². The smallest absolute Gasteiger partial charge is 0.550 e. The molecule has 1 aromatic carbocycles. The van der Waals surface area contributed by atoms with Crippen LogP contribution in [0.4, 0.5) is 0 Å². The molecule has 1 N–H and O–H groups in total. The fraction of sp³-hybridized carbons (Fsp3) is 0.364. The molecule has 0 aliphatic heterocycles. The zero-order chi connectivity index (χ0) is 11.3. The number of hydrogen-bond acceptors (Lipinski definition) is 3. The molecule has 0 amide bonds. The molecule has 0 aromatic heterocycles. The molecular weight excluding hydrogens is 237 g/mol. The Kier molecular flexibility index (Phi) is 7.27. The molecule has 0 heterocycles. The second-order valence-corrected chi connectivity index (χ2v) is 3.93. The third-order valence-electron chi connectivity index (χ3n) is 2.30. The van der Waals surface area contributed by atoms with E-state index in [2.05, 4.69) is 5.32 Å². The minimum absolute atomic E-state index is 0. The van der Waals surface area contributed by atoms with E-state index in [1.165, 1.54) is 0 Å². The Morgan fingerprint density at radius 3 is 2.44 bits per heavy atom. The molecule has 0 spiro atoms. The standard InChI is InChI=1S/C11H14ClNO2.Na/c1-13-11(12,8-7-10(14)15)9-5-3-2-4-6-9;/h2-6,13H,7-8H2,1H3,(H,14,15);/q;+1/p-1. The Morgan fingerprint density at radius 2 is 2.00 bits per heavy atom. The van der Waals surface area contributed by atoms with Gasteiger partial charge in [-0.3, -0.25) is 5.32 Å². The minimum Gasteiger partial charge on any atom is -0.550 e. The number of carboxylic acids is 1. The summed E-state index contributed by atoms with van der Waals surface area (Å²) < 4.78 is 0. The summed E-state index contributed by atoms with van der Waals surface area (Å²) in [5.41, 5.74) is 0.857. The van der Waals surface area contributed by atoms with Gasteiger partial charge in [0, 0.05) is 5.97 Å². The molecule has 16 heavy (non-hydrogen) atoms. The molecule has 0 radical (unpaired) electrons. The number of carbonyl (C=O) groups is 1. The number of benzene rings is 1. The normalized spacial score (nSPS) is 13.6. The Labute approximate surface area is 122 Å². The van der Waals surface area contributed by atoms with Crippen LogP contribution in [-0.2, 0) is 9.79 Å². The van der Waals surface area contributed by atoms with Crippen molar-refractivity contribution in [1.82, 2.24) is 5.32 Å². The van der Waals surface area contributed by atoms with Gasteiger partial charge in [-0.25, -0.2) is 0 Å². The molecule has 3 nitrogen and oxygen atoms in total. The van der Waals surface area contributed by atoms with Gasteiger partial charge in [0.1, 0.15) is 5.00 Å². The van der Waals surface area contributed by atoms with Crippen molar-refractivity contribution in [2.24, 2.45) is 0 Å². The monoisotopic (exact) mass is 249 g/mol. The average Bonchev–Trinajstić information content (AvgIpc) is 2.27. The molecule has 1 unspecified atom stereocenters. The van der Waals surface area contributed by atoms with Crippen LogP contribution in [0.5, 0.6) is 0 Å². The van der Waals surface area contributed by atoms with Gasteiger partial charge in [0.2, 0.25) is 0 Å². The zero-order valence-corrected chi connectivity index (χ0v) is 12.3. The van der Waals surface area contributed by atoms with Gasteiger partial charge in [-0.2, -0.15) is 0 Å². The van der Waals surface area contributed by atoms with Gasteiger partial charge in [0.25, 0.3) is 0 Å². The van der Waals surface area contributed by atoms with Gasteiger partial charge in [-0.15, -0.1) is 0 Å². The van der Waals surface area contributed by atoms with E-state index in [9.17, 15) is 9.90 Å². The summed E-state index contributed by atoms with van der Waals surface area (Å²) in [6.07, 6.45) is 0.219. The van der Waals surface area contributed by atoms with Crippen LogP contribution in [-0.4, -0.2) is 13.0 Å². The van der Waals surface area contributed by atoms with Crippen LogP contribution in [0.3, 0.4) is 0 Å². The van der Waals surface area contributed by atoms with E-state index in [1.54, 1.807) is 7.05 Å². The average molecular weight is 250 g/mol. The molecular formula is C11H13ClNNaO2. The van der Waals surface area contributed by atoms with Crippen LogP contribution >= 0.6 is 11.6 Å². The molecule has 0 fully saturated rings. The van der Waals surface area contributed by atoms with Crippen LogP contribution in [0.25, 0.3) is 0 Å². The summed E-state index contributed by atoms with van der Waals surface area (Å²) in [6.45, 7) is 0. The van der Waals surface area contributed by atoms with Gasteiger partial charge in [-0.05, 0) is 25.5 Å². The van der Waals surface area contributed by atoms with E-state index < -0.39 is 11.0 Å². The van der Waals surface area contributed by atoms with Crippen molar-refractivity contribution >= 4 is 17.6 Å². The maximum atomic E-state index is 10.4. The SMILES string of the molecule is CNC(Cl)(CCC(=O)[O-])c1ccccc1.[Na+]. The number of alkyl halides is 1. The Morgan fingerprint density at radius 1 is 1.44 bits per heavy atom. The predicted octanol–water partition coefficient (Wildman–Crippen LogP) is -2.17. The molecule has 0 bridgehead atoms. The molecule has 0 saturated carbocycles. The van der Waals surface area contributed by atoms with Crippen molar-refractivity contribution in [2.75, 3.05) is 7.05 Å². The van der Waals surface area contributed by atoms with Crippen molar-refractivity contribution < 1.29 is 39.5 Å². The number of halogens is 1. The van der Waals surface area contributed by atoms with Gasteiger partial charge < -0.3 is 9.90 Å². The number of nitrogens with one attached hydrogen (secondary N) is 1. The van der Waals surface area contributed by atoms with Crippen molar-refractivity contribution in [1.29, 1.82) is 0 Å². The first kappa shape index (κ1) is 15.9. The van der Waals surface area contributed by atoms with Crippen molar-refractivity contribution in [3.05, 3.63) is 35.9 Å². The number of hydrogen-bond donors (Lipinski definition) is 1. The number of carbonyl (C=O) groups excluding carboxylic acids is 1. The summed E-state index contributed by atoms with van der Waals surface area (Å²) in [5.74, 6) is -1.09. The first-order chi connectivity index (χ1) is 7.08. The quantitative estimate of drug-likeness (QED) is 0.367. The maximum Gasteiger partial charge on any atom is 1.00 e. The molecule has 1 aromatic rings. The van der Waals surface area contributed by atoms with Crippen LogP contribution in [0, 0.1) is 0 Å². The van der Waals surface area contributed by atoms with Crippen LogP contribution in [0.1, 0.15) is 18.4 Å². The van der Waals surface area contributed by atoms with Crippen molar-refractivity contribution in [3.63, 3.8) is 0 Å². The topological polar surface area (TPSA) is 52.2 Å². The first-order valence-electron chi connectivity index (χ1n) is 4.72. The van der Waals surface area contributed by atoms with E-state index in [0.717, 1.165) is 5.56 Å². The number of rotatable bonds is 5. The third-order valence-corrected chi connectivity index (χ3v) is 2.90. The summed E-state index contributed by atoms with van der Waals surface area (Å²) in [5, 5.41) is 13.3. The van der Waals surface area contributed by atoms with Gasteiger partial charge in [0.05, 0.1) is 0 Å². The summed E-state index contributed by atoms with van der Waals surface area (Å²) in [7, 11) is 1.70. The Bertz CT molecular complexity index is 334. The molecule has 1 atom stereocenters. The minimum atomic E-state index is -1.09. The van der Waals surface area contributed by atoms with Gasteiger partial charge >= 0.3 is 29.6 Å². The largest absolute Gasteiger partial charge is 1.00 e. The van der Waals surface area contributed by atoms with Gasteiger partial charge in [-0.1, -0.05) is 41.9 Å². The molecule has 0 aliphatic carbocycles. The first-order valence-corrected chi connectivity index (χ1v) is 5.09. The fourth-order valence-corrected chi connectivity index (χ4v) is 1.61. The second kappa shape index (κ2) is 7.30. The zero-order valence-electron chi connectivity index (χ0n) is 9.50. The van der Waals surface area contributed by atoms with Crippen LogP contribution < -0.4 is 40.0 Å². The molecule has 5 heteroatoms. The summed E-state index contributed by atoms with van der Waals surface area (Å²) >= 11 is 6.29. The molecule has 0 saturated heterocycles. The van der Waals surface area contributed by atoms with E-state index in [0.29, 0.717) is 0 Å². The van der Waals surface area contributed by atoms with Crippen LogP contribution in [0.2, 0.25) is 0 Å². The van der Waals surface area contributed by atoms with Crippen molar-refractivity contribution in [2.45, 2.75) is 17.8 Å². The Hall–Kier alpha value is -0.0600. The molecule has 0 aliphatic rings. The van der Waals surface area contributed by atoms with E-state index >= 15 is 0 Å². The number of aliphatic carboxylic acids is 1. The van der Waals surface area contributed by atoms with Crippen LogP contribution in [0.15, 0.2) is 30.3 Å². The Balaban J connectivity index is 0.00000225. The van der Waals surface area contributed by atoms with E-state index in [1.807, 2.05) is 30.3 Å². The van der Waals surface area contributed by atoms with E-state index in [4.69, 9.17) is 11.6 Å². The second-order valence-electron chi connectivity index (χ2n) is 3.29.